The molecule has 4 rings (SSSR count). The number of ether oxygens (including phenoxy) is 1. The summed E-state index contributed by atoms with van der Waals surface area (Å²) in [5, 5.41) is 6.87. The number of rotatable bonds is 4. The quantitative estimate of drug-likeness (QED) is 0.777. The Bertz CT molecular complexity index is 943. The third-order valence-electron chi connectivity index (χ3n) is 4.11. The molecule has 0 aliphatic carbocycles. The summed E-state index contributed by atoms with van der Waals surface area (Å²) in [6, 6.07) is 9.09. The summed E-state index contributed by atoms with van der Waals surface area (Å²) in [5.41, 5.74) is 2.62. The predicted octanol–water partition coefficient (Wildman–Crippen LogP) is 2.11. The van der Waals surface area contributed by atoms with Crippen molar-refractivity contribution in [2.45, 2.75) is 19.1 Å². The fraction of sp³-hybridized carbons (Fsp3) is 0.222. The Morgan fingerprint density at radius 1 is 1.35 bits per heavy atom. The first-order valence-electron chi connectivity index (χ1n) is 8.18. The Morgan fingerprint density at radius 3 is 3.12 bits per heavy atom. The summed E-state index contributed by atoms with van der Waals surface area (Å²) >= 11 is 0. The number of hydrogen-bond donors (Lipinski definition) is 1. The molecule has 1 unspecified atom stereocenters. The minimum absolute atomic E-state index is 0.172. The van der Waals surface area contributed by atoms with Crippen LogP contribution in [-0.4, -0.2) is 32.3 Å². The number of halogens is 1. The van der Waals surface area contributed by atoms with Crippen LogP contribution in [0.3, 0.4) is 0 Å². The number of carbonyl (C=O) groups is 1. The van der Waals surface area contributed by atoms with Crippen molar-refractivity contribution in [3.63, 3.8) is 0 Å². The molecular formula is C18H16FN5O2. The number of anilines is 1. The van der Waals surface area contributed by atoms with Gasteiger partial charge in [-0.05, 0) is 29.2 Å². The lowest BCUT2D eigenvalue weighted by Gasteiger charge is -2.24. The Hall–Kier alpha value is -3.13. The van der Waals surface area contributed by atoms with E-state index in [1.807, 2.05) is 24.3 Å². The second kappa shape index (κ2) is 7.01. The second-order valence-corrected chi connectivity index (χ2v) is 5.97. The van der Waals surface area contributed by atoms with Crippen LogP contribution in [0, 0.1) is 5.82 Å². The summed E-state index contributed by atoms with van der Waals surface area (Å²) in [6.07, 6.45) is 4.26. The Labute approximate surface area is 148 Å². The van der Waals surface area contributed by atoms with Crippen LogP contribution in [0.25, 0.3) is 0 Å². The topological polar surface area (TPSA) is 81.9 Å². The molecule has 0 radical (unpaired) electrons. The van der Waals surface area contributed by atoms with E-state index in [4.69, 9.17) is 4.74 Å². The zero-order chi connectivity index (χ0) is 17.9. The van der Waals surface area contributed by atoms with Gasteiger partial charge in [0.1, 0.15) is 12.1 Å². The van der Waals surface area contributed by atoms with Gasteiger partial charge in [-0.15, -0.1) is 5.10 Å². The summed E-state index contributed by atoms with van der Waals surface area (Å²) in [4.78, 5) is 20.4. The molecular weight excluding hydrogens is 337 g/mol. The molecule has 1 amide bonds. The standard InChI is InChI=1S/C18H16FN5O2/c19-14-7-12(8-20-9-14)10-24-11-21-18(23-24)22-17(25)16-15-4-2-1-3-13(15)5-6-26-16/h1-4,7-9,11,16H,5-6,10H2,(H,22,23,25). The van der Waals surface area contributed by atoms with Crippen molar-refractivity contribution in [3.05, 3.63) is 71.6 Å². The summed E-state index contributed by atoms with van der Waals surface area (Å²) in [6.45, 7) is 0.792. The van der Waals surface area contributed by atoms with Crippen LogP contribution in [0.2, 0.25) is 0 Å². The lowest BCUT2D eigenvalue weighted by atomic mass is 9.97. The van der Waals surface area contributed by atoms with E-state index in [1.54, 1.807) is 6.20 Å². The van der Waals surface area contributed by atoms with E-state index in [0.29, 0.717) is 18.7 Å². The molecule has 26 heavy (non-hydrogen) atoms. The number of carbonyl (C=O) groups excluding carboxylic acids is 1. The van der Waals surface area contributed by atoms with E-state index >= 15 is 0 Å². The van der Waals surface area contributed by atoms with Gasteiger partial charge in [-0.25, -0.2) is 14.1 Å². The number of pyridine rings is 1. The number of benzene rings is 1. The van der Waals surface area contributed by atoms with Crippen LogP contribution in [0.4, 0.5) is 10.3 Å². The third kappa shape index (κ3) is 3.45. The SMILES string of the molecule is O=C(Nc1ncn(Cc2cncc(F)c2)n1)C1OCCc2ccccc21. The minimum Gasteiger partial charge on any atom is -0.363 e. The van der Waals surface area contributed by atoms with Crippen molar-refractivity contribution in [1.29, 1.82) is 0 Å². The molecule has 1 aliphatic heterocycles. The largest absolute Gasteiger partial charge is 0.363 e. The van der Waals surface area contributed by atoms with Crippen molar-refractivity contribution in [2.75, 3.05) is 11.9 Å². The van der Waals surface area contributed by atoms with Gasteiger partial charge in [0.15, 0.2) is 6.10 Å². The molecule has 3 aromatic rings. The molecule has 0 saturated carbocycles. The van der Waals surface area contributed by atoms with Gasteiger partial charge in [-0.3, -0.25) is 15.1 Å². The molecule has 0 fully saturated rings. The van der Waals surface area contributed by atoms with E-state index in [2.05, 4.69) is 20.4 Å². The minimum atomic E-state index is -0.681. The normalized spacial score (nSPS) is 16.1. The number of fused-ring (bicyclic) bond motifs is 1. The molecule has 1 atom stereocenters. The van der Waals surface area contributed by atoms with Gasteiger partial charge in [0.2, 0.25) is 5.95 Å². The fourth-order valence-corrected chi connectivity index (χ4v) is 2.94. The van der Waals surface area contributed by atoms with Gasteiger partial charge in [-0.1, -0.05) is 24.3 Å². The highest BCUT2D eigenvalue weighted by molar-refractivity contribution is 5.93. The van der Waals surface area contributed by atoms with Gasteiger partial charge < -0.3 is 4.74 Å². The number of nitrogens with one attached hydrogen (secondary N) is 1. The van der Waals surface area contributed by atoms with Crippen molar-refractivity contribution in [1.82, 2.24) is 19.7 Å². The van der Waals surface area contributed by atoms with Gasteiger partial charge in [-0.2, -0.15) is 0 Å². The van der Waals surface area contributed by atoms with Crippen LogP contribution < -0.4 is 5.32 Å². The zero-order valence-corrected chi connectivity index (χ0v) is 13.8. The summed E-state index contributed by atoms with van der Waals surface area (Å²) in [7, 11) is 0. The predicted molar refractivity (Wildman–Crippen MR) is 90.8 cm³/mol. The monoisotopic (exact) mass is 353 g/mol. The van der Waals surface area contributed by atoms with Crippen LogP contribution >= 0.6 is 0 Å². The number of amides is 1. The molecule has 1 N–H and O–H groups in total. The molecule has 3 heterocycles. The lowest BCUT2D eigenvalue weighted by Crippen LogP contribution is -2.28. The van der Waals surface area contributed by atoms with Crippen molar-refractivity contribution >= 4 is 11.9 Å². The maximum Gasteiger partial charge on any atom is 0.260 e. The first kappa shape index (κ1) is 16.3. The highest BCUT2D eigenvalue weighted by atomic mass is 19.1. The average molecular weight is 353 g/mol. The Morgan fingerprint density at radius 2 is 2.23 bits per heavy atom. The van der Waals surface area contributed by atoms with Crippen molar-refractivity contribution in [2.24, 2.45) is 0 Å². The van der Waals surface area contributed by atoms with Gasteiger partial charge >= 0.3 is 0 Å². The molecule has 2 aromatic heterocycles. The van der Waals surface area contributed by atoms with Crippen molar-refractivity contribution in [3.8, 4) is 0 Å². The highest BCUT2D eigenvalue weighted by Gasteiger charge is 2.27. The van der Waals surface area contributed by atoms with Crippen LogP contribution in [0.15, 0.2) is 49.1 Å². The zero-order valence-electron chi connectivity index (χ0n) is 13.8. The van der Waals surface area contributed by atoms with Crippen LogP contribution in [0.5, 0.6) is 0 Å². The van der Waals surface area contributed by atoms with Gasteiger partial charge in [0, 0.05) is 6.20 Å². The fourth-order valence-electron chi connectivity index (χ4n) is 2.94. The average Bonchev–Trinajstić information content (AvgIpc) is 3.08. The number of aromatic nitrogens is 4. The first-order valence-corrected chi connectivity index (χ1v) is 8.18. The van der Waals surface area contributed by atoms with E-state index in [9.17, 15) is 9.18 Å². The van der Waals surface area contributed by atoms with Crippen molar-refractivity contribution < 1.29 is 13.9 Å². The molecule has 0 bridgehead atoms. The molecule has 0 spiro atoms. The Kier molecular flexibility index (Phi) is 4.40. The lowest BCUT2D eigenvalue weighted by molar-refractivity contribution is -0.128. The Balaban J connectivity index is 1.45. The molecule has 1 aliphatic rings. The molecule has 1 aromatic carbocycles. The molecule has 0 saturated heterocycles. The van der Waals surface area contributed by atoms with Crippen LogP contribution in [-0.2, 0) is 22.5 Å². The maximum absolute atomic E-state index is 13.2. The second-order valence-electron chi connectivity index (χ2n) is 5.97. The highest BCUT2D eigenvalue weighted by Crippen LogP contribution is 2.27. The smallest absolute Gasteiger partial charge is 0.260 e. The van der Waals surface area contributed by atoms with Gasteiger partial charge in [0.05, 0.1) is 19.3 Å². The summed E-state index contributed by atoms with van der Waals surface area (Å²) < 4.78 is 20.3. The molecule has 132 valence electrons. The summed E-state index contributed by atoms with van der Waals surface area (Å²) in [5.74, 6) is -0.558. The first-order chi connectivity index (χ1) is 12.7. The molecule has 8 heteroatoms. The van der Waals surface area contributed by atoms with Crippen LogP contribution in [0.1, 0.15) is 22.8 Å². The number of hydrogen-bond acceptors (Lipinski definition) is 5. The van der Waals surface area contributed by atoms with E-state index in [1.165, 1.54) is 17.1 Å². The van der Waals surface area contributed by atoms with Gasteiger partial charge in [0.25, 0.3) is 5.91 Å². The molecule has 7 nitrogen and oxygen atoms in total. The maximum atomic E-state index is 13.2. The van der Waals surface area contributed by atoms with E-state index < -0.39 is 11.9 Å². The third-order valence-corrected chi connectivity index (χ3v) is 4.11. The van der Waals surface area contributed by atoms with E-state index in [0.717, 1.165) is 23.7 Å². The number of nitrogens with zero attached hydrogens (tertiary/aromatic N) is 4. The van der Waals surface area contributed by atoms with E-state index in [-0.39, 0.29) is 11.9 Å².